The molecule has 168 valence electrons. The van der Waals surface area contributed by atoms with E-state index in [1.54, 1.807) is 19.1 Å². The zero-order valence-corrected chi connectivity index (χ0v) is 18.6. The van der Waals surface area contributed by atoms with Crippen molar-refractivity contribution in [3.63, 3.8) is 0 Å². The van der Waals surface area contributed by atoms with Gasteiger partial charge in [0.15, 0.2) is 5.16 Å². The Hall–Kier alpha value is -3.60. The molecule has 11 heteroatoms. The number of nitro groups is 1. The van der Waals surface area contributed by atoms with Crippen LogP contribution in [0.4, 0.5) is 11.4 Å². The summed E-state index contributed by atoms with van der Waals surface area (Å²) in [5, 5.41) is 14.2. The number of methoxy groups -OCH3 is 1. The van der Waals surface area contributed by atoms with Gasteiger partial charge in [-0.25, -0.2) is 9.78 Å². The fourth-order valence-corrected chi connectivity index (χ4v) is 3.96. The number of nitro benzene ring substituents is 1. The number of carbonyl (C=O) groups is 2. The van der Waals surface area contributed by atoms with E-state index in [0.717, 1.165) is 5.52 Å². The normalized spacial score (nSPS) is 10.7. The molecule has 0 aliphatic rings. The minimum atomic E-state index is -0.535. The molecule has 0 spiro atoms. The highest BCUT2D eigenvalue weighted by Gasteiger charge is 2.17. The average molecular weight is 458 g/mol. The van der Waals surface area contributed by atoms with Gasteiger partial charge in [-0.05, 0) is 38.1 Å². The molecule has 10 nitrogen and oxygen atoms in total. The van der Waals surface area contributed by atoms with Gasteiger partial charge < -0.3 is 19.4 Å². The molecular formula is C21H22N4O6S. The van der Waals surface area contributed by atoms with Crippen LogP contribution in [0.1, 0.15) is 24.2 Å². The topological polar surface area (TPSA) is 126 Å². The van der Waals surface area contributed by atoms with Gasteiger partial charge in [0.05, 0.1) is 52.7 Å². The van der Waals surface area contributed by atoms with Crippen LogP contribution in [0.15, 0.2) is 41.6 Å². The molecule has 3 aromatic rings. The molecule has 0 unspecified atom stereocenters. The Bertz CT molecular complexity index is 1180. The number of ether oxygens (including phenoxy) is 2. The van der Waals surface area contributed by atoms with Crippen LogP contribution in [0.2, 0.25) is 0 Å². The molecule has 3 rings (SSSR count). The van der Waals surface area contributed by atoms with Gasteiger partial charge in [-0.15, -0.1) is 0 Å². The van der Waals surface area contributed by atoms with Crippen LogP contribution in [-0.4, -0.2) is 45.8 Å². The highest BCUT2D eigenvalue weighted by molar-refractivity contribution is 7.99. The van der Waals surface area contributed by atoms with Crippen LogP contribution in [0.5, 0.6) is 5.75 Å². The molecule has 0 aliphatic carbocycles. The number of aryl methyl sites for hydroxylation is 1. The van der Waals surface area contributed by atoms with Crippen molar-refractivity contribution in [2.24, 2.45) is 0 Å². The van der Waals surface area contributed by atoms with Gasteiger partial charge in [-0.1, -0.05) is 11.8 Å². The minimum Gasteiger partial charge on any atom is -0.494 e. The Balaban J connectivity index is 1.74. The number of fused-ring (bicyclic) bond motifs is 1. The fraction of sp³-hybridized carbons (Fsp3) is 0.286. The molecule has 0 radical (unpaired) electrons. The van der Waals surface area contributed by atoms with Gasteiger partial charge in [0.25, 0.3) is 5.69 Å². The molecule has 0 fully saturated rings. The summed E-state index contributed by atoms with van der Waals surface area (Å²) < 4.78 is 12.1. The number of nitrogens with zero attached hydrogens (tertiary/aromatic N) is 3. The zero-order chi connectivity index (χ0) is 23.3. The summed E-state index contributed by atoms with van der Waals surface area (Å²) in [4.78, 5) is 39.4. The molecular weight excluding hydrogens is 436 g/mol. The third-order valence-corrected chi connectivity index (χ3v) is 5.52. The third-order valence-electron chi connectivity index (χ3n) is 4.54. The van der Waals surface area contributed by atoms with Gasteiger partial charge >= 0.3 is 5.97 Å². The Kier molecular flexibility index (Phi) is 7.31. The van der Waals surface area contributed by atoms with Crippen LogP contribution in [-0.2, 0) is 16.1 Å². The Labute approximate surface area is 188 Å². The first-order valence-corrected chi connectivity index (χ1v) is 10.8. The quantitative estimate of drug-likeness (QED) is 0.222. The van der Waals surface area contributed by atoms with E-state index >= 15 is 0 Å². The standard InChI is InChI=1S/C21H22N4O6S/c1-4-24-17-9-6-13(20(27)31-5-2)10-16(17)23-21(24)32-12-19(26)22-15-8-7-14(25(28)29)11-18(15)30-3/h6-11H,4-5,12H2,1-3H3,(H,22,26). The average Bonchev–Trinajstić information content (AvgIpc) is 3.14. The van der Waals surface area contributed by atoms with E-state index in [1.165, 1.54) is 37.1 Å². The van der Waals surface area contributed by atoms with E-state index in [2.05, 4.69) is 10.3 Å². The molecule has 1 heterocycles. The van der Waals surface area contributed by atoms with Crippen molar-refractivity contribution in [1.29, 1.82) is 0 Å². The molecule has 0 aliphatic heterocycles. The van der Waals surface area contributed by atoms with Gasteiger partial charge in [0.2, 0.25) is 5.91 Å². The zero-order valence-electron chi connectivity index (χ0n) is 17.8. The second-order valence-electron chi connectivity index (χ2n) is 6.54. The molecule has 1 aromatic heterocycles. The number of hydrogen-bond donors (Lipinski definition) is 1. The number of anilines is 1. The maximum absolute atomic E-state index is 12.5. The third kappa shape index (κ3) is 4.99. The number of aromatic nitrogens is 2. The summed E-state index contributed by atoms with van der Waals surface area (Å²) >= 11 is 1.25. The second-order valence-corrected chi connectivity index (χ2v) is 7.48. The minimum absolute atomic E-state index is 0.0637. The SMILES string of the molecule is CCOC(=O)c1ccc2c(c1)nc(SCC(=O)Nc1ccc([N+](=O)[O-])cc1OC)n2CC. The van der Waals surface area contributed by atoms with Gasteiger partial charge in [0.1, 0.15) is 5.75 Å². The predicted molar refractivity (Wildman–Crippen MR) is 120 cm³/mol. The molecule has 2 aromatic carbocycles. The lowest BCUT2D eigenvalue weighted by molar-refractivity contribution is -0.384. The van der Waals surface area contributed by atoms with Crippen molar-refractivity contribution < 1.29 is 24.0 Å². The van der Waals surface area contributed by atoms with E-state index in [9.17, 15) is 19.7 Å². The summed E-state index contributed by atoms with van der Waals surface area (Å²) in [5.41, 5.74) is 2.11. The van der Waals surface area contributed by atoms with Crippen LogP contribution >= 0.6 is 11.8 Å². The first-order valence-electron chi connectivity index (χ1n) is 9.80. The monoisotopic (exact) mass is 458 g/mol. The maximum atomic E-state index is 12.5. The predicted octanol–water partition coefficient (Wildman–Crippen LogP) is 3.88. The summed E-state index contributed by atoms with van der Waals surface area (Å²) in [6.07, 6.45) is 0. The van der Waals surface area contributed by atoms with Crippen molar-refractivity contribution >= 4 is 46.0 Å². The number of benzene rings is 2. The van der Waals surface area contributed by atoms with E-state index in [1.807, 2.05) is 17.6 Å². The number of thioether (sulfide) groups is 1. The lowest BCUT2D eigenvalue weighted by Crippen LogP contribution is -2.15. The second kappa shape index (κ2) is 10.1. The summed E-state index contributed by atoms with van der Waals surface area (Å²) in [6.45, 7) is 4.63. The van der Waals surface area contributed by atoms with Gasteiger partial charge in [-0.2, -0.15) is 0 Å². The van der Waals surface area contributed by atoms with Crippen LogP contribution in [0.25, 0.3) is 11.0 Å². The largest absolute Gasteiger partial charge is 0.494 e. The number of nitrogens with one attached hydrogen (secondary N) is 1. The molecule has 32 heavy (non-hydrogen) atoms. The Morgan fingerprint density at radius 1 is 1.22 bits per heavy atom. The fourth-order valence-electron chi connectivity index (χ4n) is 3.08. The van der Waals surface area contributed by atoms with Crippen molar-refractivity contribution in [3.8, 4) is 5.75 Å². The number of hydrogen-bond acceptors (Lipinski definition) is 8. The lowest BCUT2D eigenvalue weighted by Gasteiger charge is -2.10. The highest BCUT2D eigenvalue weighted by Crippen LogP contribution is 2.30. The van der Waals surface area contributed by atoms with Crippen molar-refractivity contribution in [2.75, 3.05) is 24.8 Å². The first-order chi connectivity index (χ1) is 15.4. The smallest absolute Gasteiger partial charge is 0.338 e. The number of esters is 1. The molecule has 0 bridgehead atoms. The molecule has 1 N–H and O–H groups in total. The lowest BCUT2D eigenvalue weighted by atomic mass is 10.2. The van der Waals surface area contributed by atoms with Crippen LogP contribution in [0.3, 0.4) is 0 Å². The van der Waals surface area contributed by atoms with E-state index in [4.69, 9.17) is 9.47 Å². The number of imidazole rings is 1. The number of non-ortho nitro benzene ring substituents is 1. The molecule has 0 saturated carbocycles. The maximum Gasteiger partial charge on any atom is 0.338 e. The first kappa shape index (κ1) is 23.1. The van der Waals surface area contributed by atoms with Gasteiger partial charge in [0, 0.05) is 12.6 Å². The number of rotatable bonds is 9. The Morgan fingerprint density at radius 3 is 2.66 bits per heavy atom. The van der Waals surface area contributed by atoms with E-state index in [0.29, 0.717) is 28.5 Å². The van der Waals surface area contributed by atoms with Gasteiger partial charge in [-0.3, -0.25) is 14.9 Å². The van der Waals surface area contributed by atoms with E-state index in [-0.39, 0.29) is 29.7 Å². The molecule has 0 saturated heterocycles. The highest BCUT2D eigenvalue weighted by atomic mass is 32.2. The number of carbonyl (C=O) groups excluding carboxylic acids is 2. The summed E-state index contributed by atoms with van der Waals surface area (Å²) in [7, 11) is 1.37. The molecule has 1 amide bonds. The summed E-state index contributed by atoms with van der Waals surface area (Å²) in [5.74, 6) is -0.464. The molecule has 0 atom stereocenters. The summed E-state index contributed by atoms with van der Waals surface area (Å²) in [6, 6.07) is 9.15. The Morgan fingerprint density at radius 2 is 2.00 bits per heavy atom. The van der Waals surface area contributed by atoms with E-state index < -0.39 is 10.9 Å². The van der Waals surface area contributed by atoms with Crippen molar-refractivity contribution in [3.05, 3.63) is 52.1 Å². The van der Waals surface area contributed by atoms with Crippen LogP contribution < -0.4 is 10.1 Å². The van der Waals surface area contributed by atoms with Crippen molar-refractivity contribution in [1.82, 2.24) is 9.55 Å². The number of amides is 1. The van der Waals surface area contributed by atoms with Crippen LogP contribution in [0, 0.1) is 10.1 Å². The van der Waals surface area contributed by atoms with Crippen molar-refractivity contribution in [2.45, 2.75) is 25.5 Å².